The van der Waals surface area contributed by atoms with E-state index in [0.29, 0.717) is 17.7 Å². The van der Waals surface area contributed by atoms with Crippen molar-refractivity contribution in [1.29, 1.82) is 5.26 Å². The van der Waals surface area contributed by atoms with Crippen LogP contribution >= 0.6 is 23.2 Å². The number of hydrogen-bond donors (Lipinski definition) is 2. The number of amides is 3. The molecule has 2 saturated heterocycles. The van der Waals surface area contributed by atoms with E-state index in [1.165, 1.54) is 0 Å². The predicted molar refractivity (Wildman–Crippen MR) is 138 cm³/mol. The van der Waals surface area contributed by atoms with E-state index in [2.05, 4.69) is 10.3 Å². The highest BCUT2D eigenvalue weighted by atomic mass is 35.5. The molecule has 3 heterocycles. The second kappa shape index (κ2) is 10.1. The number of pyridine rings is 1. The minimum absolute atomic E-state index is 0.109. The quantitative estimate of drug-likeness (QED) is 0.462. The maximum absolute atomic E-state index is 15.2. The van der Waals surface area contributed by atoms with E-state index in [1.54, 1.807) is 0 Å². The van der Waals surface area contributed by atoms with Crippen molar-refractivity contribution in [2.75, 3.05) is 13.1 Å². The molecular formula is C25H21Cl2F2N5O6S. The molecule has 0 radical (unpaired) electrons. The summed E-state index contributed by atoms with van der Waals surface area (Å²) >= 11 is 11.8. The average molecular weight is 628 g/mol. The first-order chi connectivity index (χ1) is 19.3. The van der Waals surface area contributed by atoms with Gasteiger partial charge in [0.2, 0.25) is 5.91 Å². The van der Waals surface area contributed by atoms with Crippen molar-refractivity contribution in [3.05, 3.63) is 57.8 Å². The number of likely N-dealkylation sites (tertiary alicyclic amines) is 2. The van der Waals surface area contributed by atoms with Gasteiger partial charge in [0, 0.05) is 25.7 Å². The third-order valence-electron chi connectivity index (χ3n) is 7.73. The van der Waals surface area contributed by atoms with Crippen LogP contribution in [0.3, 0.4) is 0 Å². The molecule has 1 saturated carbocycles. The van der Waals surface area contributed by atoms with Crippen LogP contribution in [-0.4, -0.2) is 76.1 Å². The van der Waals surface area contributed by atoms with Crippen LogP contribution in [0, 0.1) is 23.0 Å². The Labute approximate surface area is 242 Å². The first-order valence-corrected chi connectivity index (χ1v) is 14.6. The molecular weight excluding hydrogens is 607 g/mol. The van der Waals surface area contributed by atoms with Crippen molar-refractivity contribution in [3.8, 4) is 6.07 Å². The molecule has 0 spiro atoms. The van der Waals surface area contributed by atoms with Gasteiger partial charge in [-0.2, -0.15) is 5.26 Å². The van der Waals surface area contributed by atoms with Gasteiger partial charge in [0.15, 0.2) is 15.4 Å². The molecule has 2 aliphatic heterocycles. The molecule has 1 unspecified atom stereocenters. The van der Waals surface area contributed by atoms with Gasteiger partial charge in [0.05, 0.1) is 26.3 Å². The van der Waals surface area contributed by atoms with E-state index in [1.807, 2.05) is 6.07 Å². The number of rotatable bonds is 6. The zero-order valence-corrected chi connectivity index (χ0v) is 23.3. The number of nitrogens with zero attached hydrogens (tertiary/aromatic N) is 4. The summed E-state index contributed by atoms with van der Waals surface area (Å²) in [5.41, 5.74) is -3.94. The molecule has 3 fully saturated rings. The van der Waals surface area contributed by atoms with Crippen molar-refractivity contribution in [2.45, 2.75) is 52.9 Å². The van der Waals surface area contributed by atoms with E-state index in [9.17, 15) is 37.6 Å². The largest absolute Gasteiger partial charge is 0.465 e. The lowest BCUT2D eigenvalue weighted by molar-refractivity contribution is -0.156. The van der Waals surface area contributed by atoms with Gasteiger partial charge in [-0.05, 0) is 43.5 Å². The monoisotopic (exact) mass is 627 g/mol. The van der Waals surface area contributed by atoms with Crippen molar-refractivity contribution in [2.24, 2.45) is 0 Å². The molecule has 216 valence electrons. The van der Waals surface area contributed by atoms with E-state index in [0.717, 1.165) is 35.4 Å². The smallest absolute Gasteiger partial charge is 0.408 e. The van der Waals surface area contributed by atoms with Crippen molar-refractivity contribution in [1.82, 2.24) is 20.1 Å². The lowest BCUT2D eigenvalue weighted by Crippen LogP contribution is -2.68. The van der Waals surface area contributed by atoms with Crippen LogP contribution in [0.1, 0.15) is 31.4 Å². The highest BCUT2D eigenvalue weighted by molar-refractivity contribution is 7.92. The third-order valence-corrected chi connectivity index (χ3v) is 10.6. The van der Waals surface area contributed by atoms with Crippen LogP contribution < -0.4 is 5.32 Å². The van der Waals surface area contributed by atoms with E-state index in [-0.39, 0.29) is 18.0 Å². The van der Waals surface area contributed by atoms with Crippen LogP contribution in [0.15, 0.2) is 35.4 Å². The Bertz CT molecular complexity index is 1630. The van der Waals surface area contributed by atoms with Crippen LogP contribution in [0.5, 0.6) is 0 Å². The van der Waals surface area contributed by atoms with Gasteiger partial charge in [-0.25, -0.2) is 22.0 Å². The summed E-state index contributed by atoms with van der Waals surface area (Å²) in [4.78, 5) is 44.8. The molecule has 2 N–H and O–H groups in total. The minimum Gasteiger partial charge on any atom is -0.465 e. The molecule has 3 amide bonds. The predicted octanol–water partition coefficient (Wildman–Crippen LogP) is 2.86. The fourth-order valence-electron chi connectivity index (χ4n) is 5.32. The van der Waals surface area contributed by atoms with Crippen molar-refractivity contribution >= 4 is 50.9 Å². The summed E-state index contributed by atoms with van der Waals surface area (Å²) in [5.74, 6) is -3.74. The van der Waals surface area contributed by atoms with Crippen molar-refractivity contribution < 1.29 is 36.7 Å². The standard InChI is InChI=1S/C25H21Cl2F2N5O6S/c26-13-7-17(29)20(31-10-13)25(5-6-34(25)23(37)38)22(36)33-11-15(9-18(33)21(35)32-24(12-30)3-4-24)41(39,40)19-2-1-14(28)8-16(19)27/h1-2,7-8,10,15,18H,3-6,9,11H2,(H,32,35)(H,37,38)/t15-,18+,25?/m1/s1. The first-order valence-electron chi connectivity index (χ1n) is 12.3. The number of sulfone groups is 1. The summed E-state index contributed by atoms with van der Waals surface area (Å²) in [6, 6.07) is 4.04. The van der Waals surface area contributed by atoms with E-state index >= 15 is 4.39 Å². The zero-order valence-electron chi connectivity index (χ0n) is 21.0. The maximum Gasteiger partial charge on any atom is 0.408 e. The molecule has 1 aliphatic carbocycles. The number of aromatic nitrogens is 1. The number of carbonyl (C=O) groups excluding carboxylic acids is 2. The van der Waals surface area contributed by atoms with Crippen LogP contribution in [0.25, 0.3) is 0 Å². The Kier molecular flexibility index (Phi) is 7.12. The molecule has 1 aromatic carbocycles. The minimum atomic E-state index is -4.37. The van der Waals surface area contributed by atoms with Crippen LogP contribution in [-0.2, 0) is 25.0 Å². The molecule has 3 atom stereocenters. The highest BCUT2D eigenvalue weighted by Gasteiger charge is 2.62. The van der Waals surface area contributed by atoms with Gasteiger partial charge < -0.3 is 15.3 Å². The van der Waals surface area contributed by atoms with Gasteiger partial charge in [0.25, 0.3) is 5.91 Å². The fourth-order valence-corrected chi connectivity index (χ4v) is 7.70. The summed E-state index contributed by atoms with van der Waals surface area (Å²) < 4.78 is 56.0. The fraction of sp³-hybridized carbons (Fsp3) is 0.400. The van der Waals surface area contributed by atoms with Gasteiger partial charge in [-0.3, -0.25) is 19.5 Å². The van der Waals surface area contributed by atoms with Gasteiger partial charge in [0.1, 0.15) is 28.9 Å². The Morgan fingerprint density at radius 1 is 1.17 bits per heavy atom. The molecule has 11 nitrogen and oxygen atoms in total. The summed E-state index contributed by atoms with van der Waals surface area (Å²) in [7, 11) is -4.37. The lowest BCUT2D eigenvalue weighted by atomic mass is 9.79. The molecule has 41 heavy (non-hydrogen) atoms. The topological polar surface area (TPSA) is 161 Å². The van der Waals surface area contributed by atoms with Gasteiger partial charge in [-0.1, -0.05) is 23.2 Å². The summed E-state index contributed by atoms with van der Waals surface area (Å²) in [6.07, 6.45) is -0.495. The third kappa shape index (κ3) is 4.75. The number of hydrogen-bond acceptors (Lipinski definition) is 7. The Morgan fingerprint density at radius 2 is 1.88 bits per heavy atom. The summed E-state index contributed by atoms with van der Waals surface area (Å²) in [5, 5.41) is 19.9. The Hall–Kier alpha value is -3.54. The average Bonchev–Trinajstić information content (AvgIpc) is 3.48. The second-order valence-corrected chi connectivity index (χ2v) is 13.2. The van der Waals surface area contributed by atoms with E-state index in [4.69, 9.17) is 23.2 Å². The number of carboxylic acid groups (broad SMARTS) is 1. The maximum atomic E-state index is 15.2. The molecule has 16 heteroatoms. The van der Waals surface area contributed by atoms with Crippen molar-refractivity contribution in [3.63, 3.8) is 0 Å². The lowest BCUT2D eigenvalue weighted by Gasteiger charge is -2.50. The SMILES string of the molecule is N#CC1(NC(=O)[C@@H]2C[C@@H](S(=O)(=O)c3ccc(F)cc3Cl)CN2C(=O)C2(c3ncc(Cl)cc3F)CCN2C(=O)O)CC1. The number of nitrogens with one attached hydrogen (secondary N) is 1. The Morgan fingerprint density at radius 3 is 2.41 bits per heavy atom. The van der Waals surface area contributed by atoms with Gasteiger partial charge >= 0.3 is 6.09 Å². The molecule has 2 aromatic rings. The summed E-state index contributed by atoms with van der Waals surface area (Å²) in [6.45, 7) is -0.767. The first kappa shape index (κ1) is 29.0. The molecule has 0 bridgehead atoms. The Balaban J connectivity index is 1.58. The second-order valence-electron chi connectivity index (χ2n) is 10.2. The van der Waals surface area contributed by atoms with Crippen LogP contribution in [0.4, 0.5) is 13.6 Å². The zero-order chi connectivity index (χ0) is 29.9. The number of halogens is 4. The molecule has 3 aliphatic rings. The molecule has 5 rings (SSSR count). The normalized spacial score (nSPS) is 24.8. The number of nitriles is 1. The highest BCUT2D eigenvalue weighted by Crippen LogP contribution is 2.45. The van der Waals surface area contributed by atoms with Gasteiger partial charge in [-0.15, -0.1) is 0 Å². The number of benzene rings is 1. The molecule has 1 aromatic heterocycles. The van der Waals surface area contributed by atoms with E-state index < -0.39 is 90.3 Å². The number of carbonyl (C=O) groups is 3. The van der Waals surface area contributed by atoms with Crippen LogP contribution in [0.2, 0.25) is 10.0 Å².